The summed E-state index contributed by atoms with van der Waals surface area (Å²) in [6.45, 7) is 1.59. The summed E-state index contributed by atoms with van der Waals surface area (Å²) >= 11 is 0. The first kappa shape index (κ1) is 11.4. The van der Waals surface area contributed by atoms with Gasteiger partial charge in [-0.25, -0.2) is 0 Å². The Morgan fingerprint density at radius 2 is 2.20 bits per heavy atom. The third-order valence-corrected chi connectivity index (χ3v) is 3.97. The molecule has 3 nitrogen and oxygen atoms in total. The average Bonchev–Trinajstić information content (AvgIpc) is 2.30. The molecular weight excluding hydrogens is 192 g/mol. The number of aliphatic hydroxyl groups is 1. The van der Waals surface area contributed by atoms with Crippen LogP contribution in [-0.2, 0) is 9.47 Å². The lowest BCUT2D eigenvalue weighted by Crippen LogP contribution is -2.47. The van der Waals surface area contributed by atoms with Crippen molar-refractivity contribution in [3.05, 3.63) is 0 Å². The fraction of sp³-hybridized carbons (Fsp3) is 1.00. The van der Waals surface area contributed by atoms with Gasteiger partial charge in [-0.1, -0.05) is 0 Å². The van der Waals surface area contributed by atoms with Crippen molar-refractivity contribution < 1.29 is 14.6 Å². The van der Waals surface area contributed by atoms with E-state index in [1.54, 1.807) is 7.11 Å². The second-order valence-corrected chi connectivity index (χ2v) is 4.97. The van der Waals surface area contributed by atoms with Crippen LogP contribution in [0.4, 0.5) is 0 Å². The third kappa shape index (κ3) is 2.52. The summed E-state index contributed by atoms with van der Waals surface area (Å²) in [6.07, 6.45) is 6.30. The summed E-state index contributed by atoms with van der Waals surface area (Å²) in [4.78, 5) is 0. The quantitative estimate of drug-likeness (QED) is 0.761. The Morgan fingerprint density at radius 1 is 1.33 bits per heavy atom. The molecule has 1 saturated carbocycles. The molecule has 88 valence electrons. The van der Waals surface area contributed by atoms with Crippen LogP contribution < -0.4 is 0 Å². The van der Waals surface area contributed by atoms with Gasteiger partial charge >= 0.3 is 0 Å². The minimum atomic E-state index is -0.528. The SMILES string of the molecule is COC1CCCC(O)(C2CCCOC2)C1. The first-order valence-corrected chi connectivity index (χ1v) is 6.07. The maximum Gasteiger partial charge on any atom is 0.0722 e. The Balaban J connectivity index is 1.97. The number of hydrogen-bond donors (Lipinski definition) is 1. The number of rotatable bonds is 2. The second kappa shape index (κ2) is 4.81. The van der Waals surface area contributed by atoms with Gasteiger partial charge in [-0.3, -0.25) is 0 Å². The van der Waals surface area contributed by atoms with Crippen molar-refractivity contribution in [3.8, 4) is 0 Å². The van der Waals surface area contributed by atoms with Gasteiger partial charge in [0.15, 0.2) is 0 Å². The molecule has 0 aromatic rings. The van der Waals surface area contributed by atoms with Gasteiger partial charge in [-0.05, 0) is 32.1 Å². The fourth-order valence-corrected chi connectivity index (χ4v) is 2.97. The highest BCUT2D eigenvalue weighted by molar-refractivity contribution is 4.93. The summed E-state index contributed by atoms with van der Waals surface area (Å²) in [5.41, 5.74) is -0.528. The highest BCUT2D eigenvalue weighted by Gasteiger charge is 2.41. The molecule has 1 aliphatic heterocycles. The first-order chi connectivity index (χ1) is 7.24. The van der Waals surface area contributed by atoms with Crippen molar-refractivity contribution in [1.29, 1.82) is 0 Å². The van der Waals surface area contributed by atoms with Gasteiger partial charge in [0.05, 0.1) is 18.3 Å². The normalized spacial score (nSPS) is 42.8. The van der Waals surface area contributed by atoms with E-state index in [9.17, 15) is 5.11 Å². The van der Waals surface area contributed by atoms with Gasteiger partial charge in [0.2, 0.25) is 0 Å². The van der Waals surface area contributed by atoms with Gasteiger partial charge in [0, 0.05) is 26.1 Å². The van der Waals surface area contributed by atoms with Crippen molar-refractivity contribution in [2.45, 2.75) is 50.2 Å². The van der Waals surface area contributed by atoms with Crippen molar-refractivity contribution in [2.24, 2.45) is 5.92 Å². The molecule has 0 aromatic heterocycles. The molecule has 0 amide bonds. The standard InChI is InChI=1S/C12H22O3/c1-14-11-5-2-6-12(13,8-11)10-4-3-7-15-9-10/h10-11,13H,2-9H2,1H3. The minimum absolute atomic E-state index is 0.241. The second-order valence-electron chi connectivity index (χ2n) is 4.97. The molecule has 15 heavy (non-hydrogen) atoms. The molecule has 3 atom stereocenters. The molecule has 2 rings (SSSR count). The number of methoxy groups -OCH3 is 1. The molecule has 1 saturated heterocycles. The Hall–Kier alpha value is -0.120. The van der Waals surface area contributed by atoms with E-state index in [0.29, 0.717) is 5.92 Å². The zero-order chi connectivity index (χ0) is 10.7. The summed E-state index contributed by atoms with van der Waals surface area (Å²) in [6, 6.07) is 0. The number of ether oxygens (including phenoxy) is 2. The summed E-state index contributed by atoms with van der Waals surface area (Å²) in [5, 5.41) is 10.6. The predicted octanol–water partition coefficient (Wildman–Crippen LogP) is 1.73. The zero-order valence-corrected chi connectivity index (χ0v) is 9.58. The summed E-state index contributed by atoms with van der Waals surface area (Å²) in [7, 11) is 1.74. The molecule has 0 spiro atoms. The molecule has 2 aliphatic rings. The average molecular weight is 214 g/mol. The molecule has 3 unspecified atom stereocenters. The van der Waals surface area contributed by atoms with Crippen LogP contribution in [0.2, 0.25) is 0 Å². The molecule has 0 radical (unpaired) electrons. The van der Waals surface area contributed by atoms with E-state index in [4.69, 9.17) is 9.47 Å². The van der Waals surface area contributed by atoms with E-state index in [2.05, 4.69) is 0 Å². The third-order valence-electron chi connectivity index (χ3n) is 3.97. The fourth-order valence-electron chi connectivity index (χ4n) is 2.97. The van der Waals surface area contributed by atoms with Crippen LogP contribution in [0.3, 0.4) is 0 Å². The smallest absolute Gasteiger partial charge is 0.0722 e. The monoisotopic (exact) mass is 214 g/mol. The van der Waals surface area contributed by atoms with Crippen LogP contribution in [0.25, 0.3) is 0 Å². The zero-order valence-electron chi connectivity index (χ0n) is 9.58. The van der Waals surface area contributed by atoms with E-state index in [-0.39, 0.29) is 6.10 Å². The number of hydrogen-bond acceptors (Lipinski definition) is 3. The van der Waals surface area contributed by atoms with Crippen LogP contribution in [0.1, 0.15) is 38.5 Å². The van der Waals surface area contributed by atoms with Gasteiger partial charge in [-0.15, -0.1) is 0 Å². The van der Waals surface area contributed by atoms with Crippen LogP contribution in [0.5, 0.6) is 0 Å². The maximum absolute atomic E-state index is 10.6. The Labute approximate surface area is 91.8 Å². The van der Waals surface area contributed by atoms with E-state index >= 15 is 0 Å². The van der Waals surface area contributed by atoms with Gasteiger partial charge in [0.25, 0.3) is 0 Å². The van der Waals surface area contributed by atoms with E-state index in [0.717, 1.165) is 51.7 Å². The molecule has 2 fully saturated rings. The highest BCUT2D eigenvalue weighted by Crippen LogP contribution is 2.38. The lowest BCUT2D eigenvalue weighted by Gasteiger charge is -2.43. The molecule has 1 heterocycles. The topological polar surface area (TPSA) is 38.7 Å². The van der Waals surface area contributed by atoms with E-state index in [1.807, 2.05) is 0 Å². The van der Waals surface area contributed by atoms with Crippen molar-refractivity contribution >= 4 is 0 Å². The molecule has 0 aromatic carbocycles. The molecule has 0 bridgehead atoms. The van der Waals surface area contributed by atoms with Crippen molar-refractivity contribution in [3.63, 3.8) is 0 Å². The maximum atomic E-state index is 10.6. The van der Waals surface area contributed by atoms with Gasteiger partial charge in [0.1, 0.15) is 0 Å². The Kier molecular flexibility index (Phi) is 3.65. The van der Waals surface area contributed by atoms with Crippen LogP contribution in [-0.4, -0.2) is 37.1 Å². The molecule has 1 aliphatic carbocycles. The van der Waals surface area contributed by atoms with Crippen LogP contribution >= 0.6 is 0 Å². The van der Waals surface area contributed by atoms with Crippen molar-refractivity contribution in [2.75, 3.05) is 20.3 Å². The lowest BCUT2D eigenvalue weighted by molar-refractivity contribution is -0.126. The van der Waals surface area contributed by atoms with Gasteiger partial charge < -0.3 is 14.6 Å². The Morgan fingerprint density at radius 3 is 2.87 bits per heavy atom. The molecule has 3 heteroatoms. The van der Waals surface area contributed by atoms with Crippen molar-refractivity contribution in [1.82, 2.24) is 0 Å². The van der Waals surface area contributed by atoms with Gasteiger partial charge in [-0.2, -0.15) is 0 Å². The molecule has 1 N–H and O–H groups in total. The first-order valence-electron chi connectivity index (χ1n) is 6.07. The van der Waals surface area contributed by atoms with E-state index < -0.39 is 5.60 Å². The predicted molar refractivity (Wildman–Crippen MR) is 57.8 cm³/mol. The minimum Gasteiger partial charge on any atom is -0.389 e. The summed E-state index contributed by atoms with van der Waals surface area (Å²) < 4.78 is 10.8. The Bertz CT molecular complexity index is 201. The van der Waals surface area contributed by atoms with E-state index in [1.165, 1.54) is 0 Å². The van der Waals surface area contributed by atoms with Crippen LogP contribution in [0, 0.1) is 5.92 Å². The van der Waals surface area contributed by atoms with Crippen LogP contribution in [0.15, 0.2) is 0 Å². The largest absolute Gasteiger partial charge is 0.389 e. The molecular formula is C12H22O3. The summed E-state index contributed by atoms with van der Waals surface area (Å²) in [5.74, 6) is 0.323. The highest BCUT2D eigenvalue weighted by atomic mass is 16.5. The lowest BCUT2D eigenvalue weighted by atomic mass is 9.72.